The monoisotopic (exact) mass is 422 g/mol. The quantitative estimate of drug-likeness (QED) is 0.182. The Morgan fingerprint density at radius 3 is 1.33 bits per heavy atom. The molecule has 11 atom stereocenters. The SMILES string of the molecule is O=P(O)(O[C@@H]1[C@@H](O)[C@H](O)[C@@H](CO)O[C@@H]1O)O[C@H]1C(O)O[C@H](CO)[C@@H](O)[C@@H]1O. The molecule has 2 unspecified atom stereocenters. The van der Waals surface area contributed by atoms with Crippen molar-refractivity contribution in [2.24, 2.45) is 0 Å². The Morgan fingerprint density at radius 1 is 0.704 bits per heavy atom. The summed E-state index contributed by atoms with van der Waals surface area (Å²) < 4.78 is 30.8. The van der Waals surface area contributed by atoms with Crippen LogP contribution in [0.2, 0.25) is 0 Å². The summed E-state index contributed by atoms with van der Waals surface area (Å²) in [6.45, 7) is -1.53. The molecule has 0 saturated carbocycles. The van der Waals surface area contributed by atoms with E-state index in [4.69, 9.17) is 19.7 Å². The number of hydrogen-bond donors (Lipinski definition) is 9. The second kappa shape index (κ2) is 9.02. The third kappa shape index (κ3) is 5.01. The lowest BCUT2D eigenvalue weighted by molar-refractivity contribution is -0.293. The summed E-state index contributed by atoms with van der Waals surface area (Å²) in [5, 5.41) is 76.6. The lowest BCUT2D eigenvalue weighted by atomic mass is 9.99. The van der Waals surface area contributed by atoms with Crippen LogP contribution in [0.4, 0.5) is 0 Å². The molecule has 0 amide bonds. The minimum Gasteiger partial charge on any atom is -0.394 e. The number of phosphoric ester groups is 1. The molecule has 2 rings (SSSR count). The molecule has 0 aromatic rings. The number of ether oxygens (including phenoxy) is 2. The first-order valence-electron chi connectivity index (χ1n) is 7.83. The van der Waals surface area contributed by atoms with Gasteiger partial charge in [0.1, 0.15) is 48.8 Å². The van der Waals surface area contributed by atoms with Crippen molar-refractivity contribution >= 4 is 7.82 Å². The van der Waals surface area contributed by atoms with Gasteiger partial charge in [-0.05, 0) is 0 Å². The van der Waals surface area contributed by atoms with Crippen LogP contribution < -0.4 is 0 Å². The van der Waals surface area contributed by atoms with Crippen LogP contribution in [-0.2, 0) is 23.1 Å². The molecule has 27 heavy (non-hydrogen) atoms. The molecule has 0 aromatic heterocycles. The van der Waals surface area contributed by atoms with Gasteiger partial charge in [-0.2, -0.15) is 0 Å². The van der Waals surface area contributed by atoms with Crippen molar-refractivity contribution in [3.05, 3.63) is 0 Å². The molecule has 2 heterocycles. The van der Waals surface area contributed by atoms with Gasteiger partial charge >= 0.3 is 7.82 Å². The summed E-state index contributed by atoms with van der Waals surface area (Å²) >= 11 is 0. The molecule has 2 saturated heterocycles. The van der Waals surface area contributed by atoms with Crippen LogP contribution in [0.5, 0.6) is 0 Å². The first-order chi connectivity index (χ1) is 12.5. The van der Waals surface area contributed by atoms with Gasteiger partial charge < -0.3 is 55.2 Å². The maximum absolute atomic E-state index is 12.1. The molecule has 0 radical (unpaired) electrons. The van der Waals surface area contributed by atoms with Crippen molar-refractivity contribution in [1.82, 2.24) is 0 Å². The van der Waals surface area contributed by atoms with Gasteiger partial charge in [0.2, 0.25) is 0 Å². The normalized spacial score (nSPS) is 48.2. The van der Waals surface area contributed by atoms with E-state index in [0.29, 0.717) is 0 Å². The van der Waals surface area contributed by atoms with Crippen molar-refractivity contribution in [3.63, 3.8) is 0 Å². The average molecular weight is 422 g/mol. The van der Waals surface area contributed by atoms with E-state index < -0.39 is 82.4 Å². The van der Waals surface area contributed by atoms with Crippen molar-refractivity contribution in [2.45, 2.75) is 61.4 Å². The zero-order chi connectivity index (χ0) is 20.5. The zero-order valence-corrected chi connectivity index (χ0v) is 14.6. The van der Waals surface area contributed by atoms with Crippen molar-refractivity contribution in [2.75, 3.05) is 13.2 Å². The maximum Gasteiger partial charge on any atom is 0.473 e. The summed E-state index contributed by atoms with van der Waals surface area (Å²) in [5.74, 6) is 0. The highest BCUT2D eigenvalue weighted by atomic mass is 31.2. The highest BCUT2D eigenvalue weighted by Crippen LogP contribution is 2.49. The Balaban J connectivity index is 2.07. The Kier molecular flexibility index (Phi) is 7.68. The minimum atomic E-state index is -5.24. The van der Waals surface area contributed by atoms with Crippen LogP contribution in [0.1, 0.15) is 0 Å². The number of aliphatic hydroxyl groups excluding tert-OH is 8. The third-order valence-electron chi connectivity index (χ3n) is 4.20. The Morgan fingerprint density at radius 2 is 1.04 bits per heavy atom. The molecule has 15 heteroatoms. The topological polar surface area (TPSA) is 236 Å². The number of aliphatic hydroxyl groups is 8. The van der Waals surface area contributed by atoms with E-state index in [-0.39, 0.29) is 0 Å². The molecule has 0 aliphatic carbocycles. The van der Waals surface area contributed by atoms with Gasteiger partial charge in [0.05, 0.1) is 13.2 Å². The molecule has 2 aliphatic heterocycles. The summed E-state index contributed by atoms with van der Waals surface area (Å²) in [4.78, 5) is 9.80. The highest BCUT2D eigenvalue weighted by molar-refractivity contribution is 7.47. The van der Waals surface area contributed by atoms with Crippen LogP contribution in [0.15, 0.2) is 0 Å². The van der Waals surface area contributed by atoms with Crippen LogP contribution in [-0.4, -0.2) is 120 Å². The van der Waals surface area contributed by atoms with E-state index in [1.165, 1.54) is 0 Å². The Bertz CT molecular complexity index is 492. The standard InChI is InChI=1S/C12H23O14P/c13-1-3-5(15)7(17)9(11(19)23-3)25-27(21,22)26-10-8(18)6(16)4(2-14)24-12(10)20/h3-20H,1-2H2,(H,21,22)/t3-,4-,5-,6-,7+,8+,9-,10-,11+,12?/m1/s1. The second-order valence-electron chi connectivity index (χ2n) is 6.07. The van der Waals surface area contributed by atoms with E-state index in [2.05, 4.69) is 9.05 Å². The molecule has 9 N–H and O–H groups in total. The zero-order valence-electron chi connectivity index (χ0n) is 13.7. The summed E-state index contributed by atoms with van der Waals surface area (Å²) in [6.07, 6.45) is -18.3. The summed E-state index contributed by atoms with van der Waals surface area (Å²) in [5.41, 5.74) is 0. The van der Waals surface area contributed by atoms with Gasteiger partial charge in [0.25, 0.3) is 0 Å². The molecular formula is C12H23O14P. The molecular weight excluding hydrogens is 399 g/mol. The molecule has 2 aliphatic rings. The molecule has 2 fully saturated rings. The van der Waals surface area contributed by atoms with Gasteiger partial charge in [-0.15, -0.1) is 0 Å². The van der Waals surface area contributed by atoms with Gasteiger partial charge in [-0.25, -0.2) is 4.57 Å². The van der Waals surface area contributed by atoms with Gasteiger partial charge in [0, 0.05) is 0 Å². The smallest absolute Gasteiger partial charge is 0.394 e. The Labute approximate surface area is 152 Å². The third-order valence-corrected chi connectivity index (χ3v) is 5.21. The van der Waals surface area contributed by atoms with E-state index in [0.717, 1.165) is 0 Å². The van der Waals surface area contributed by atoms with E-state index in [1.54, 1.807) is 0 Å². The van der Waals surface area contributed by atoms with E-state index in [1.807, 2.05) is 0 Å². The maximum atomic E-state index is 12.1. The van der Waals surface area contributed by atoms with Gasteiger partial charge in [-0.3, -0.25) is 9.05 Å². The van der Waals surface area contributed by atoms with Crippen LogP contribution in [0, 0.1) is 0 Å². The van der Waals surface area contributed by atoms with Gasteiger partial charge in [0.15, 0.2) is 12.6 Å². The number of phosphoric acid groups is 1. The van der Waals surface area contributed by atoms with Crippen LogP contribution >= 0.6 is 7.82 Å². The Hall–Kier alpha value is -0.290. The van der Waals surface area contributed by atoms with E-state index >= 15 is 0 Å². The second-order valence-corrected chi connectivity index (χ2v) is 7.43. The van der Waals surface area contributed by atoms with Crippen LogP contribution in [0.25, 0.3) is 0 Å². The first kappa shape index (κ1) is 23.0. The molecule has 0 spiro atoms. The average Bonchev–Trinajstić information content (AvgIpc) is 2.61. The fourth-order valence-electron chi connectivity index (χ4n) is 2.70. The fraction of sp³-hybridized carbons (Fsp3) is 1.00. The fourth-order valence-corrected chi connectivity index (χ4v) is 3.83. The largest absolute Gasteiger partial charge is 0.473 e. The van der Waals surface area contributed by atoms with Crippen molar-refractivity contribution < 1.29 is 68.8 Å². The molecule has 14 nitrogen and oxygen atoms in total. The lowest BCUT2D eigenvalue weighted by Gasteiger charge is -2.42. The summed E-state index contributed by atoms with van der Waals surface area (Å²) in [6, 6.07) is 0. The van der Waals surface area contributed by atoms with Crippen LogP contribution in [0.3, 0.4) is 0 Å². The van der Waals surface area contributed by atoms with Gasteiger partial charge in [-0.1, -0.05) is 0 Å². The van der Waals surface area contributed by atoms with Crippen molar-refractivity contribution in [1.29, 1.82) is 0 Å². The lowest BCUT2D eigenvalue weighted by Crippen LogP contribution is -2.60. The summed E-state index contributed by atoms with van der Waals surface area (Å²) in [7, 11) is -5.24. The predicted molar refractivity (Wildman–Crippen MR) is 79.5 cm³/mol. The molecule has 160 valence electrons. The van der Waals surface area contributed by atoms with E-state index in [9.17, 15) is 40.1 Å². The number of rotatable bonds is 6. The highest BCUT2D eigenvalue weighted by Gasteiger charge is 2.51. The first-order valence-corrected chi connectivity index (χ1v) is 9.32. The number of hydrogen-bond acceptors (Lipinski definition) is 13. The predicted octanol–water partition coefficient (Wildman–Crippen LogP) is -5.28. The molecule has 0 aromatic carbocycles. The van der Waals surface area contributed by atoms with Crippen molar-refractivity contribution in [3.8, 4) is 0 Å². The minimum absolute atomic E-state index is 0.767. The molecule has 0 bridgehead atoms.